The molecule has 0 radical (unpaired) electrons. The Bertz CT molecular complexity index is 1000. The normalized spacial score (nSPS) is 11.1. The summed E-state index contributed by atoms with van der Waals surface area (Å²) in [7, 11) is 0. The number of thiophene rings is 1. The van der Waals surface area contributed by atoms with Crippen molar-refractivity contribution in [3.8, 4) is 10.6 Å². The SMILES string of the molecule is O=C(Cn1c(-c2cccs2)cc2cccnc21)NCCCCn1ccnc1. The number of aryl methyl sites for hydroxylation is 1. The Kier molecular flexibility index (Phi) is 5.29. The molecule has 0 unspecified atom stereocenters. The number of carbonyl (C=O) groups is 1. The van der Waals surface area contributed by atoms with E-state index in [2.05, 4.69) is 27.4 Å². The van der Waals surface area contributed by atoms with Crippen LogP contribution in [-0.4, -0.2) is 31.6 Å². The Balaban J connectivity index is 1.39. The standard InChI is InChI=1S/C20H21N5OS/c26-19(22-7-1-2-10-24-11-9-21-15-24)14-25-17(18-6-4-12-27-18)13-16-5-3-8-23-20(16)25/h3-6,8-9,11-13,15H,1-2,7,10,14H2,(H,22,26). The van der Waals surface area contributed by atoms with Crippen molar-refractivity contribution in [1.29, 1.82) is 0 Å². The Hall–Kier alpha value is -2.93. The molecule has 4 aromatic heterocycles. The number of hydrogen-bond acceptors (Lipinski definition) is 4. The molecule has 0 aromatic carbocycles. The van der Waals surface area contributed by atoms with Gasteiger partial charge in [0.1, 0.15) is 12.2 Å². The number of unbranched alkanes of at least 4 members (excludes halogenated alkanes) is 1. The van der Waals surface area contributed by atoms with Crippen LogP contribution in [0.4, 0.5) is 0 Å². The highest BCUT2D eigenvalue weighted by Crippen LogP contribution is 2.30. The summed E-state index contributed by atoms with van der Waals surface area (Å²) in [4.78, 5) is 22.1. The van der Waals surface area contributed by atoms with Crippen molar-refractivity contribution in [2.75, 3.05) is 6.54 Å². The summed E-state index contributed by atoms with van der Waals surface area (Å²) in [6.45, 7) is 1.87. The monoisotopic (exact) mass is 379 g/mol. The first-order valence-corrected chi connectivity index (χ1v) is 9.90. The molecule has 0 atom stereocenters. The molecule has 0 aliphatic rings. The molecule has 0 aliphatic heterocycles. The molecule has 1 N–H and O–H groups in total. The lowest BCUT2D eigenvalue weighted by Gasteiger charge is -2.10. The molecule has 0 spiro atoms. The molecule has 0 fully saturated rings. The first-order chi connectivity index (χ1) is 13.3. The second kappa shape index (κ2) is 8.18. The smallest absolute Gasteiger partial charge is 0.240 e. The van der Waals surface area contributed by atoms with Crippen molar-refractivity contribution in [3.05, 3.63) is 60.6 Å². The summed E-state index contributed by atoms with van der Waals surface area (Å²) in [5, 5.41) is 6.13. The topological polar surface area (TPSA) is 64.7 Å². The summed E-state index contributed by atoms with van der Waals surface area (Å²) in [6, 6.07) is 10.2. The van der Waals surface area contributed by atoms with Gasteiger partial charge in [0.25, 0.3) is 0 Å². The minimum Gasteiger partial charge on any atom is -0.355 e. The molecule has 0 saturated heterocycles. The fourth-order valence-corrected chi connectivity index (χ4v) is 3.89. The predicted molar refractivity (Wildman–Crippen MR) is 108 cm³/mol. The zero-order chi connectivity index (χ0) is 18.5. The number of nitrogens with one attached hydrogen (secondary N) is 1. The third-order valence-electron chi connectivity index (χ3n) is 4.46. The number of amides is 1. The second-order valence-corrected chi connectivity index (χ2v) is 7.31. The predicted octanol–water partition coefficient (Wildman–Crippen LogP) is 3.56. The highest BCUT2D eigenvalue weighted by molar-refractivity contribution is 7.13. The van der Waals surface area contributed by atoms with Gasteiger partial charge in [-0.3, -0.25) is 4.79 Å². The highest BCUT2D eigenvalue weighted by atomic mass is 32.1. The number of nitrogens with zero attached hydrogens (tertiary/aromatic N) is 4. The van der Waals surface area contributed by atoms with E-state index in [0.29, 0.717) is 6.54 Å². The molecule has 1 amide bonds. The van der Waals surface area contributed by atoms with Gasteiger partial charge in [0.15, 0.2) is 0 Å². The van der Waals surface area contributed by atoms with Gasteiger partial charge in [0.2, 0.25) is 5.91 Å². The largest absolute Gasteiger partial charge is 0.355 e. The van der Waals surface area contributed by atoms with E-state index in [1.165, 1.54) is 0 Å². The Morgan fingerprint density at radius 3 is 2.96 bits per heavy atom. The van der Waals surface area contributed by atoms with Gasteiger partial charge in [-0.15, -0.1) is 11.3 Å². The van der Waals surface area contributed by atoms with Crippen molar-refractivity contribution in [3.63, 3.8) is 0 Å². The first kappa shape index (κ1) is 17.5. The van der Waals surface area contributed by atoms with Gasteiger partial charge in [-0.1, -0.05) is 6.07 Å². The van der Waals surface area contributed by atoms with E-state index in [-0.39, 0.29) is 12.5 Å². The average molecular weight is 379 g/mol. The van der Waals surface area contributed by atoms with Crippen molar-refractivity contribution in [2.24, 2.45) is 0 Å². The lowest BCUT2D eigenvalue weighted by molar-refractivity contribution is -0.121. The van der Waals surface area contributed by atoms with Crippen molar-refractivity contribution in [2.45, 2.75) is 25.9 Å². The maximum atomic E-state index is 12.5. The quantitative estimate of drug-likeness (QED) is 0.476. The third-order valence-corrected chi connectivity index (χ3v) is 5.35. The van der Waals surface area contributed by atoms with Crippen molar-refractivity contribution >= 4 is 28.3 Å². The number of hydrogen-bond donors (Lipinski definition) is 1. The minimum absolute atomic E-state index is 0.0126. The molecular formula is C20H21N5OS. The van der Waals surface area contributed by atoms with Crippen LogP contribution in [-0.2, 0) is 17.9 Å². The first-order valence-electron chi connectivity index (χ1n) is 9.02. The summed E-state index contributed by atoms with van der Waals surface area (Å²) in [5.41, 5.74) is 1.88. The van der Waals surface area contributed by atoms with Gasteiger partial charge < -0.3 is 14.5 Å². The molecule has 0 bridgehead atoms. The van der Waals surface area contributed by atoms with Gasteiger partial charge in [-0.2, -0.15) is 0 Å². The maximum Gasteiger partial charge on any atom is 0.240 e. The number of rotatable bonds is 8. The van der Waals surface area contributed by atoms with Gasteiger partial charge in [0.05, 0.1) is 16.9 Å². The lowest BCUT2D eigenvalue weighted by Crippen LogP contribution is -2.28. The third kappa shape index (κ3) is 4.09. The molecule has 27 heavy (non-hydrogen) atoms. The molecule has 138 valence electrons. The van der Waals surface area contributed by atoms with Crippen molar-refractivity contribution < 1.29 is 4.79 Å². The molecular weight excluding hydrogens is 358 g/mol. The van der Waals surface area contributed by atoms with Crippen LogP contribution in [0.5, 0.6) is 0 Å². The minimum atomic E-state index is 0.0126. The van der Waals surface area contributed by atoms with Gasteiger partial charge in [0, 0.05) is 37.1 Å². The second-order valence-electron chi connectivity index (χ2n) is 6.37. The van der Waals surface area contributed by atoms with Crippen LogP contribution in [0.25, 0.3) is 21.6 Å². The molecule has 4 rings (SSSR count). The molecule has 0 saturated carbocycles. The van der Waals surface area contributed by atoms with E-state index < -0.39 is 0 Å². The number of imidazole rings is 1. The molecule has 4 heterocycles. The number of carbonyl (C=O) groups excluding carboxylic acids is 1. The van der Waals surface area contributed by atoms with Gasteiger partial charge in [-0.25, -0.2) is 9.97 Å². The van der Waals surface area contributed by atoms with Crippen molar-refractivity contribution in [1.82, 2.24) is 24.4 Å². The van der Waals surface area contributed by atoms with E-state index >= 15 is 0 Å². The number of fused-ring (bicyclic) bond motifs is 1. The van der Waals surface area contributed by atoms with E-state index in [9.17, 15) is 4.79 Å². The number of aromatic nitrogens is 4. The summed E-state index contributed by atoms with van der Waals surface area (Å²) >= 11 is 1.67. The Morgan fingerprint density at radius 2 is 2.15 bits per heavy atom. The van der Waals surface area contributed by atoms with Crippen LogP contribution in [0.2, 0.25) is 0 Å². The fraction of sp³-hybridized carbons (Fsp3) is 0.250. The summed E-state index contributed by atoms with van der Waals surface area (Å²) < 4.78 is 4.05. The molecule has 7 heteroatoms. The van der Waals surface area contributed by atoms with E-state index in [4.69, 9.17) is 0 Å². The number of pyridine rings is 1. The average Bonchev–Trinajstić information content (AvgIpc) is 3.43. The van der Waals surface area contributed by atoms with Gasteiger partial charge in [-0.05, 0) is 42.5 Å². The molecule has 0 aliphatic carbocycles. The zero-order valence-electron chi connectivity index (χ0n) is 14.9. The van der Waals surface area contributed by atoms with Crippen LogP contribution in [0.15, 0.2) is 60.6 Å². The highest BCUT2D eigenvalue weighted by Gasteiger charge is 2.14. The maximum absolute atomic E-state index is 12.5. The van der Waals surface area contributed by atoms with Crippen LogP contribution in [0, 0.1) is 0 Å². The van der Waals surface area contributed by atoms with Crippen LogP contribution in [0.3, 0.4) is 0 Å². The Morgan fingerprint density at radius 1 is 1.19 bits per heavy atom. The summed E-state index contributed by atoms with van der Waals surface area (Å²) in [6.07, 6.45) is 9.26. The zero-order valence-corrected chi connectivity index (χ0v) is 15.7. The molecule has 6 nitrogen and oxygen atoms in total. The fourth-order valence-electron chi connectivity index (χ4n) is 3.14. The Labute approximate surface area is 161 Å². The van der Waals surface area contributed by atoms with Crippen LogP contribution >= 0.6 is 11.3 Å². The lowest BCUT2D eigenvalue weighted by atomic mass is 10.3. The van der Waals surface area contributed by atoms with Crippen LogP contribution in [0.1, 0.15) is 12.8 Å². The van der Waals surface area contributed by atoms with Crippen LogP contribution < -0.4 is 5.32 Å². The molecule has 4 aromatic rings. The summed E-state index contributed by atoms with van der Waals surface area (Å²) in [5.74, 6) is 0.0126. The van der Waals surface area contributed by atoms with Gasteiger partial charge >= 0.3 is 0 Å². The van der Waals surface area contributed by atoms with E-state index in [1.807, 2.05) is 45.2 Å². The van der Waals surface area contributed by atoms with E-state index in [0.717, 1.165) is 41.0 Å². The van der Waals surface area contributed by atoms with E-state index in [1.54, 1.807) is 23.7 Å².